The Hall–Kier alpha value is -0.280. The van der Waals surface area contributed by atoms with Gasteiger partial charge in [-0.1, -0.05) is 43.1 Å². The lowest BCUT2D eigenvalue weighted by Gasteiger charge is -2.46. The van der Waals surface area contributed by atoms with Crippen LogP contribution in [0.25, 0.3) is 0 Å². The van der Waals surface area contributed by atoms with E-state index in [1.165, 1.54) is 6.42 Å². The zero-order chi connectivity index (χ0) is 15.6. The van der Waals surface area contributed by atoms with E-state index < -0.39 is 0 Å². The number of rotatable bonds is 4. The van der Waals surface area contributed by atoms with Gasteiger partial charge in [0.25, 0.3) is 0 Å². The first-order valence-electron chi connectivity index (χ1n) is 7.70. The molecule has 1 aliphatic rings. The van der Waals surface area contributed by atoms with Crippen LogP contribution >= 0.6 is 23.2 Å². The molecule has 0 amide bonds. The Morgan fingerprint density at radius 1 is 1.33 bits per heavy atom. The van der Waals surface area contributed by atoms with Crippen molar-refractivity contribution in [1.82, 2.24) is 10.2 Å². The standard InChI is InChI=1S/C17H26Cl2N2/c1-12(2)7-15-10-21(17(3,4)11-20-15)9-13-5-6-14(18)8-16(13)19/h5-6,8,12,15,20H,7,9-11H2,1-4H3. The SMILES string of the molecule is CC(C)CC1CN(Cc2ccc(Cl)cc2Cl)C(C)(C)CN1. The second kappa shape index (κ2) is 6.87. The first-order valence-corrected chi connectivity index (χ1v) is 8.46. The predicted molar refractivity (Wildman–Crippen MR) is 92.2 cm³/mol. The fraction of sp³-hybridized carbons (Fsp3) is 0.647. The third-order valence-electron chi connectivity index (χ3n) is 4.25. The summed E-state index contributed by atoms with van der Waals surface area (Å²) in [4.78, 5) is 2.53. The van der Waals surface area contributed by atoms with Crippen molar-refractivity contribution in [2.45, 2.75) is 52.2 Å². The smallest absolute Gasteiger partial charge is 0.0465 e. The summed E-state index contributed by atoms with van der Waals surface area (Å²) >= 11 is 12.3. The summed E-state index contributed by atoms with van der Waals surface area (Å²) in [7, 11) is 0. The Morgan fingerprint density at radius 3 is 2.67 bits per heavy atom. The molecule has 1 aromatic carbocycles. The van der Waals surface area contributed by atoms with Gasteiger partial charge in [0.15, 0.2) is 0 Å². The fourth-order valence-corrected chi connectivity index (χ4v) is 3.41. The quantitative estimate of drug-likeness (QED) is 0.869. The number of nitrogens with zero attached hydrogens (tertiary/aromatic N) is 1. The Morgan fingerprint density at radius 2 is 2.05 bits per heavy atom. The highest BCUT2D eigenvalue weighted by molar-refractivity contribution is 6.35. The van der Waals surface area contributed by atoms with Gasteiger partial charge in [-0.2, -0.15) is 0 Å². The molecule has 1 N–H and O–H groups in total. The molecule has 0 aliphatic carbocycles. The van der Waals surface area contributed by atoms with E-state index in [-0.39, 0.29) is 5.54 Å². The van der Waals surface area contributed by atoms with Crippen LogP contribution in [0.1, 0.15) is 39.7 Å². The van der Waals surface area contributed by atoms with Crippen LogP contribution < -0.4 is 5.32 Å². The van der Waals surface area contributed by atoms with Gasteiger partial charge in [-0.15, -0.1) is 0 Å². The van der Waals surface area contributed by atoms with Crippen LogP contribution in [-0.4, -0.2) is 29.6 Å². The van der Waals surface area contributed by atoms with Gasteiger partial charge in [0.1, 0.15) is 0 Å². The van der Waals surface area contributed by atoms with Crippen molar-refractivity contribution in [3.63, 3.8) is 0 Å². The second-order valence-corrected chi connectivity index (χ2v) is 7.98. The predicted octanol–water partition coefficient (Wildman–Crippen LogP) is 4.59. The fourth-order valence-electron chi connectivity index (χ4n) is 2.94. The van der Waals surface area contributed by atoms with E-state index >= 15 is 0 Å². The second-order valence-electron chi connectivity index (χ2n) is 7.14. The van der Waals surface area contributed by atoms with Crippen LogP contribution in [0.4, 0.5) is 0 Å². The number of piperazine rings is 1. The molecule has 4 heteroatoms. The van der Waals surface area contributed by atoms with Gasteiger partial charge in [-0.05, 0) is 43.9 Å². The molecular formula is C17H26Cl2N2. The van der Waals surface area contributed by atoms with Gasteiger partial charge >= 0.3 is 0 Å². The molecule has 1 aromatic rings. The molecule has 1 saturated heterocycles. The van der Waals surface area contributed by atoms with Crippen molar-refractivity contribution >= 4 is 23.2 Å². The van der Waals surface area contributed by atoms with Gasteiger partial charge in [0.2, 0.25) is 0 Å². The monoisotopic (exact) mass is 328 g/mol. The average Bonchev–Trinajstić information content (AvgIpc) is 2.36. The van der Waals surface area contributed by atoms with E-state index in [1.807, 2.05) is 18.2 Å². The molecule has 2 nitrogen and oxygen atoms in total. The minimum absolute atomic E-state index is 0.135. The van der Waals surface area contributed by atoms with Crippen LogP contribution in [0.15, 0.2) is 18.2 Å². The summed E-state index contributed by atoms with van der Waals surface area (Å²) in [6.45, 7) is 12.1. The maximum absolute atomic E-state index is 6.34. The minimum atomic E-state index is 0.135. The summed E-state index contributed by atoms with van der Waals surface area (Å²) in [5, 5.41) is 5.14. The summed E-state index contributed by atoms with van der Waals surface area (Å²) < 4.78 is 0. The Labute approximate surface area is 138 Å². The summed E-state index contributed by atoms with van der Waals surface area (Å²) in [6.07, 6.45) is 1.21. The third-order valence-corrected chi connectivity index (χ3v) is 4.84. The van der Waals surface area contributed by atoms with Crippen molar-refractivity contribution in [1.29, 1.82) is 0 Å². The molecule has 1 fully saturated rings. The number of benzene rings is 1. The van der Waals surface area contributed by atoms with Gasteiger partial charge in [0, 0.05) is 41.3 Å². The first-order chi connectivity index (χ1) is 9.78. The van der Waals surface area contributed by atoms with E-state index in [1.54, 1.807) is 0 Å². The lowest BCUT2D eigenvalue weighted by molar-refractivity contribution is 0.0536. The molecule has 1 heterocycles. The highest BCUT2D eigenvalue weighted by Gasteiger charge is 2.34. The molecule has 2 rings (SSSR count). The van der Waals surface area contributed by atoms with Gasteiger partial charge in [-0.25, -0.2) is 0 Å². The molecule has 21 heavy (non-hydrogen) atoms. The Bertz CT molecular complexity index is 486. The number of hydrogen-bond donors (Lipinski definition) is 1. The van der Waals surface area contributed by atoms with Crippen molar-refractivity contribution < 1.29 is 0 Å². The molecule has 118 valence electrons. The molecule has 0 spiro atoms. The lowest BCUT2D eigenvalue weighted by atomic mass is 9.93. The van der Waals surface area contributed by atoms with Crippen LogP contribution in [0.3, 0.4) is 0 Å². The van der Waals surface area contributed by atoms with Gasteiger partial charge < -0.3 is 5.32 Å². The van der Waals surface area contributed by atoms with Crippen molar-refractivity contribution in [3.8, 4) is 0 Å². The minimum Gasteiger partial charge on any atom is -0.311 e. The van der Waals surface area contributed by atoms with Crippen LogP contribution in [0.2, 0.25) is 10.0 Å². The third kappa shape index (κ3) is 4.59. The summed E-state index contributed by atoms with van der Waals surface area (Å²) in [6, 6.07) is 6.35. The topological polar surface area (TPSA) is 15.3 Å². The Balaban J connectivity index is 2.10. The van der Waals surface area contributed by atoms with Crippen molar-refractivity contribution in [3.05, 3.63) is 33.8 Å². The van der Waals surface area contributed by atoms with Gasteiger partial charge in [-0.3, -0.25) is 4.90 Å². The first kappa shape index (κ1) is 17.1. The number of halogens is 2. The maximum atomic E-state index is 6.34. The number of hydrogen-bond acceptors (Lipinski definition) is 2. The van der Waals surface area contributed by atoms with E-state index in [4.69, 9.17) is 23.2 Å². The van der Waals surface area contributed by atoms with Crippen molar-refractivity contribution in [2.75, 3.05) is 13.1 Å². The van der Waals surface area contributed by atoms with Crippen LogP contribution in [0, 0.1) is 5.92 Å². The van der Waals surface area contributed by atoms with E-state index in [0.717, 1.165) is 30.2 Å². The largest absolute Gasteiger partial charge is 0.311 e. The van der Waals surface area contributed by atoms with E-state index in [2.05, 4.69) is 37.9 Å². The van der Waals surface area contributed by atoms with Crippen molar-refractivity contribution in [2.24, 2.45) is 5.92 Å². The molecular weight excluding hydrogens is 303 g/mol. The molecule has 1 atom stereocenters. The Kier molecular flexibility index (Phi) is 5.59. The van der Waals surface area contributed by atoms with E-state index in [9.17, 15) is 0 Å². The zero-order valence-electron chi connectivity index (χ0n) is 13.4. The van der Waals surface area contributed by atoms with Crippen LogP contribution in [-0.2, 0) is 6.54 Å². The summed E-state index contributed by atoms with van der Waals surface area (Å²) in [5.74, 6) is 0.713. The van der Waals surface area contributed by atoms with Gasteiger partial charge in [0.05, 0.1) is 0 Å². The molecule has 0 radical (unpaired) electrons. The normalized spacial score (nSPS) is 22.7. The molecule has 0 aromatic heterocycles. The summed E-state index contributed by atoms with van der Waals surface area (Å²) in [5.41, 5.74) is 1.29. The molecule has 1 unspecified atom stereocenters. The zero-order valence-corrected chi connectivity index (χ0v) is 14.9. The van der Waals surface area contributed by atoms with E-state index in [0.29, 0.717) is 17.0 Å². The van der Waals surface area contributed by atoms with Crippen LogP contribution in [0.5, 0.6) is 0 Å². The number of nitrogens with one attached hydrogen (secondary N) is 1. The molecule has 1 aliphatic heterocycles. The lowest BCUT2D eigenvalue weighted by Crippen LogP contribution is -2.61. The molecule has 0 saturated carbocycles. The highest BCUT2D eigenvalue weighted by Crippen LogP contribution is 2.27. The average molecular weight is 329 g/mol. The maximum Gasteiger partial charge on any atom is 0.0465 e. The highest BCUT2D eigenvalue weighted by atomic mass is 35.5. The molecule has 0 bridgehead atoms.